The van der Waals surface area contributed by atoms with E-state index in [1.165, 1.54) is 0 Å². The third kappa shape index (κ3) is 3.81. The highest BCUT2D eigenvalue weighted by Gasteiger charge is 2.19. The van der Waals surface area contributed by atoms with Crippen LogP contribution in [0.3, 0.4) is 0 Å². The summed E-state index contributed by atoms with van der Waals surface area (Å²) in [6.07, 6.45) is 0. The predicted molar refractivity (Wildman–Crippen MR) is 123 cm³/mol. The van der Waals surface area contributed by atoms with Crippen molar-refractivity contribution in [3.8, 4) is 17.1 Å². The summed E-state index contributed by atoms with van der Waals surface area (Å²) in [4.78, 5) is 17.6. The lowest BCUT2D eigenvalue weighted by molar-refractivity contribution is 0.101. The Kier molecular flexibility index (Phi) is 4.77. The van der Waals surface area contributed by atoms with Crippen LogP contribution in [0.5, 0.6) is 0 Å². The number of benzene rings is 4. The van der Waals surface area contributed by atoms with E-state index in [4.69, 9.17) is 0 Å². The van der Waals surface area contributed by atoms with E-state index in [1.807, 2.05) is 104 Å². The van der Waals surface area contributed by atoms with Crippen LogP contribution in [-0.2, 0) is 0 Å². The van der Waals surface area contributed by atoms with Crippen molar-refractivity contribution in [2.75, 3.05) is 5.32 Å². The van der Waals surface area contributed by atoms with E-state index < -0.39 is 0 Å². The molecule has 0 aliphatic carbocycles. The van der Waals surface area contributed by atoms with Crippen LogP contribution in [0.1, 0.15) is 16.2 Å². The molecule has 1 heterocycles. The van der Waals surface area contributed by atoms with E-state index in [1.54, 1.807) is 4.68 Å². The molecule has 0 saturated carbocycles. The summed E-state index contributed by atoms with van der Waals surface area (Å²) in [5.41, 5.74) is 3.56. The maximum atomic E-state index is 13.0. The van der Waals surface area contributed by atoms with Gasteiger partial charge in [-0.15, -0.1) is 5.10 Å². The number of nitrogens with one attached hydrogen (secondary N) is 1. The highest BCUT2D eigenvalue weighted by atomic mass is 16.2. The maximum Gasteiger partial charge on any atom is 0.295 e. The molecule has 31 heavy (non-hydrogen) atoms. The van der Waals surface area contributed by atoms with Gasteiger partial charge in [0.15, 0.2) is 5.82 Å². The van der Waals surface area contributed by atoms with Gasteiger partial charge in [-0.3, -0.25) is 4.79 Å². The average Bonchev–Trinajstić information content (AvgIpc) is 3.25. The molecule has 1 amide bonds. The van der Waals surface area contributed by atoms with Crippen molar-refractivity contribution in [3.05, 3.63) is 108 Å². The van der Waals surface area contributed by atoms with Crippen molar-refractivity contribution in [1.82, 2.24) is 14.8 Å². The fourth-order valence-corrected chi connectivity index (χ4v) is 3.58. The fourth-order valence-electron chi connectivity index (χ4n) is 3.58. The lowest BCUT2D eigenvalue weighted by atomic mass is 10.1. The second-order valence-corrected chi connectivity index (χ2v) is 7.39. The summed E-state index contributed by atoms with van der Waals surface area (Å²) in [6.45, 7) is 2.02. The molecule has 0 fully saturated rings. The van der Waals surface area contributed by atoms with Crippen LogP contribution in [0.4, 0.5) is 5.69 Å². The van der Waals surface area contributed by atoms with E-state index in [9.17, 15) is 4.79 Å². The third-order valence-electron chi connectivity index (χ3n) is 5.10. The molecule has 0 unspecified atom stereocenters. The van der Waals surface area contributed by atoms with Gasteiger partial charge in [-0.25, -0.2) is 9.67 Å². The van der Waals surface area contributed by atoms with E-state index in [0.717, 1.165) is 27.6 Å². The lowest BCUT2D eigenvalue weighted by Crippen LogP contribution is -2.14. The van der Waals surface area contributed by atoms with Gasteiger partial charge < -0.3 is 5.32 Å². The first-order valence-corrected chi connectivity index (χ1v) is 10.1. The van der Waals surface area contributed by atoms with E-state index >= 15 is 0 Å². The maximum absolute atomic E-state index is 13.0. The highest BCUT2D eigenvalue weighted by Crippen LogP contribution is 2.23. The standard InChI is InChI=1S/C26H20N4O/c1-18-8-7-13-23(16-18)30-25(20-10-3-2-4-11-20)28-24(29-30)26(31)27-22-15-14-19-9-5-6-12-21(19)17-22/h2-17H,1H3,(H,27,31). The summed E-state index contributed by atoms with van der Waals surface area (Å²) >= 11 is 0. The zero-order valence-electron chi connectivity index (χ0n) is 17.0. The zero-order valence-corrected chi connectivity index (χ0v) is 17.0. The minimum absolute atomic E-state index is 0.119. The molecule has 150 valence electrons. The molecule has 5 nitrogen and oxygen atoms in total. The molecule has 5 rings (SSSR count). The van der Waals surface area contributed by atoms with Crippen LogP contribution in [0.15, 0.2) is 97.1 Å². The summed E-state index contributed by atoms with van der Waals surface area (Å²) < 4.78 is 1.72. The highest BCUT2D eigenvalue weighted by molar-refractivity contribution is 6.03. The largest absolute Gasteiger partial charge is 0.319 e. The first-order valence-electron chi connectivity index (χ1n) is 10.1. The first-order chi connectivity index (χ1) is 15.2. The number of aryl methyl sites for hydroxylation is 1. The Hall–Kier alpha value is -4.25. The van der Waals surface area contributed by atoms with Crippen molar-refractivity contribution in [3.63, 3.8) is 0 Å². The molecule has 5 aromatic rings. The Labute approximate surface area is 180 Å². The van der Waals surface area contributed by atoms with Gasteiger partial charge in [0.2, 0.25) is 5.82 Å². The molecule has 0 aliphatic rings. The SMILES string of the molecule is Cc1cccc(-n2nc(C(=O)Nc3ccc4ccccc4c3)nc2-c2ccccc2)c1. The predicted octanol–water partition coefficient (Wildman–Crippen LogP) is 5.65. The number of aromatic nitrogens is 3. The molecule has 4 aromatic carbocycles. The Morgan fingerprint density at radius 3 is 2.39 bits per heavy atom. The van der Waals surface area contributed by atoms with Gasteiger partial charge in [0.1, 0.15) is 0 Å². The second kappa shape index (κ2) is 7.88. The van der Waals surface area contributed by atoms with Gasteiger partial charge in [0.25, 0.3) is 5.91 Å². The number of amides is 1. The van der Waals surface area contributed by atoms with Gasteiger partial charge in [0.05, 0.1) is 5.69 Å². The molecule has 5 heteroatoms. The van der Waals surface area contributed by atoms with E-state index in [0.29, 0.717) is 11.5 Å². The Bertz CT molecular complexity index is 1390. The minimum atomic E-state index is -0.348. The molecule has 1 aromatic heterocycles. The van der Waals surface area contributed by atoms with Gasteiger partial charge in [-0.05, 0) is 47.5 Å². The number of hydrogen-bond donors (Lipinski definition) is 1. The number of carbonyl (C=O) groups is 1. The molecular weight excluding hydrogens is 384 g/mol. The number of rotatable bonds is 4. The Morgan fingerprint density at radius 1 is 0.806 bits per heavy atom. The Morgan fingerprint density at radius 2 is 1.58 bits per heavy atom. The average molecular weight is 404 g/mol. The van der Waals surface area contributed by atoms with E-state index in [-0.39, 0.29) is 11.7 Å². The second-order valence-electron chi connectivity index (χ2n) is 7.39. The quantitative estimate of drug-likeness (QED) is 0.421. The summed E-state index contributed by atoms with van der Waals surface area (Å²) in [5.74, 6) is 0.391. The van der Waals surface area contributed by atoms with Crippen molar-refractivity contribution in [2.45, 2.75) is 6.92 Å². The molecule has 0 saturated heterocycles. The van der Waals surface area contributed by atoms with Crippen LogP contribution in [0, 0.1) is 6.92 Å². The molecule has 0 bridgehead atoms. The van der Waals surface area contributed by atoms with Crippen molar-refractivity contribution >= 4 is 22.4 Å². The smallest absolute Gasteiger partial charge is 0.295 e. The van der Waals surface area contributed by atoms with Crippen LogP contribution < -0.4 is 5.32 Å². The molecule has 1 N–H and O–H groups in total. The summed E-state index contributed by atoms with van der Waals surface area (Å²) in [5, 5.41) is 9.66. The minimum Gasteiger partial charge on any atom is -0.319 e. The number of anilines is 1. The molecule has 0 radical (unpaired) electrons. The van der Waals surface area contributed by atoms with Crippen molar-refractivity contribution in [2.24, 2.45) is 0 Å². The monoisotopic (exact) mass is 404 g/mol. The normalized spacial score (nSPS) is 10.9. The van der Waals surface area contributed by atoms with Gasteiger partial charge in [-0.1, -0.05) is 72.8 Å². The van der Waals surface area contributed by atoms with Crippen molar-refractivity contribution in [1.29, 1.82) is 0 Å². The third-order valence-corrected chi connectivity index (χ3v) is 5.10. The summed E-state index contributed by atoms with van der Waals surface area (Å²) in [7, 11) is 0. The zero-order chi connectivity index (χ0) is 21.2. The molecule has 0 aliphatic heterocycles. The summed E-state index contributed by atoms with van der Waals surface area (Å²) in [6, 6.07) is 31.6. The number of nitrogens with zero attached hydrogens (tertiary/aromatic N) is 3. The number of fused-ring (bicyclic) bond motifs is 1. The topological polar surface area (TPSA) is 59.8 Å². The van der Waals surface area contributed by atoms with Crippen molar-refractivity contribution < 1.29 is 4.79 Å². The number of carbonyl (C=O) groups excluding carboxylic acids is 1. The molecule has 0 atom stereocenters. The molecular formula is C26H20N4O. The van der Waals surface area contributed by atoms with Gasteiger partial charge in [-0.2, -0.15) is 0 Å². The lowest BCUT2D eigenvalue weighted by Gasteiger charge is -2.06. The molecule has 0 spiro atoms. The van der Waals surface area contributed by atoms with Crippen LogP contribution >= 0.6 is 0 Å². The van der Waals surface area contributed by atoms with Gasteiger partial charge in [0, 0.05) is 11.3 Å². The Balaban J connectivity index is 1.53. The fraction of sp³-hybridized carbons (Fsp3) is 0.0385. The van der Waals surface area contributed by atoms with Crippen LogP contribution in [-0.4, -0.2) is 20.7 Å². The number of hydrogen-bond acceptors (Lipinski definition) is 3. The van der Waals surface area contributed by atoms with Crippen LogP contribution in [0.25, 0.3) is 27.8 Å². The van der Waals surface area contributed by atoms with E-state index in [2.05, 4.69) is 15.4 Å². The van der Waals surface area contributed by atoms with Gasteiger partial charge >= 0.3 is 0 Å². The first kappa shape index (κ1) is 18.8. The van der Waals surface area contributed by atoms with Crippen LogP contribution in [0.2, 0.25) is 0 Å².